The molecule has 2 fully saturated rings. The predicted octanol–water partition coefficient (Wildman–Crippen LogP) is 3.53. The first-order chi connectivity index (χ1) is 18.0. The van der Waals surface area contributed by atoms with E-state index in [0.29, 0.717) is 43.4 Å². The number of likely N-dealkylation sites (tertiary alicyclic amines) is 2. The molecule has 0 bridgehead atoms. The SMILES string of the molecule is COCCCn1c(C2CCCN(C(=O)[C@@H]3CN(C(=O)c4ccc(Cl)cc4)C[C@H]3N)C2)nc2ccccc21. The Hall–Kier alpha value is -2.94. The number of ether oxygens (including phenoxy) is 1. The molecule has 5 rings (SSSR count). The van der Waals surface area contributed by atoms with E-state index in [0.717, 1.165) is 42.7 Å². The quantitative estimate of drug-likeness (QED) is 0.478. The lowest BCUT2D eigenvalue weighted by Gasteiger charge is -2.35. The molecule has 3 heterocycles. The van der Waals surface area contributed by atoms with Crippen LogP contribution < -0.4 is 5.73 Å². The molecule has 8 nitrogen and oxygen atoms in total. The van der Waals surface area contributed by atoms with Crippen LogP contribution in [0.1, 0.15) is 41.4 Å². The molecule has 0 saturated carbocycles. The molecule has 2 aliphatic rings. The summed E-state index contributed by atoms with van der Waals surface area (Å²) >= 11 is 5.96. The van der Waals surface area contributed by atoms with Crippen LogP contribution >= 0.6 is 11.6 Å². The van der Waals surface area contributed by atoms with Crippen LogP contribution in [0, 0.1) is 5.92 Å². The third kappa shape index (κ3) is 5.37. The van der Waals surface area contributed by atoms with Crippen LogP contribution in [0.15, 0.2) is 48.5 Å². The molecule has 2 aromatic carbocycles. The number of rotatable bonds is 7. The van der Waals surface area contributed by atoms with Gasteiger partial charge in [-0.1, -0.05) is 23.7 Å². The van der Waals surface area contributed by atoms with Gasteiger partial charge in [0.1, 0.15) is 5.82 Å². The van der Waals surface area contributed by atoms with Gasteiger partial charge in [0.2, 0.25) is 5.91 Å². The van der Waals surface area contributed by atoms with Crippen LogP contribution in [0.2, 0.25) is 5.02 Å². The van der Waals surface area contributed by atoms with E-state index in [9.17, 15) is 9.59 Å². The van der Waals surface area contributed by atoms with Crippen molar-refractivity contribution in [1.82, 2.24) is 19.4 Å². The summed E-state index contributed by atoms with van der Waals surface area (Å²) in [6, 6.07) is 14.6. The van der Waals surface area contributed by atoms with E-state index in [1.54, 1.807) is 36.3 Å². The van der Waals surface area contributed by atoms with Crippen LogP contribution in [0.5, 0.6) is 0 Å². The molecule has 3 aromatic rings. The average molecular weight is 524 g/mol. The minimum Gasteiger partial charge on any atom is -0.385 e. The number of benzene rings is 2. The van der Waals surface area contributed by atoms with Gasteiger partial charge in [0.25, 0.3) is 5.91 Å². The van der Waals surface area contributed by atoms with E-state index in [4.69, 9.17) is 27.1 Å². The van der Waals surface area contributed by atoms with E-state index in [2.05, 4.69) is 10.6 Å². The number of aromatic nitrogens is 2. The van der Waals surface area contributed by atoms with Crippen LogP contribution in [0.3, 0.4) is 0 Å². The number of para-hydroxylation sites is 2. The summed E-state index contributed by atoms with van der Waals surface area (Å²) in [5, 5.41) is 0.578. The highest BCUT2D eigenvalue weighted by Crippen LogP contribution is 2.31. The fourth-order valence-corrected chi connectivity index (χ4v) is 5.79. The second kappa shape index (κ2) is 11.2. The summed E-state index contributed by atoms with van der Waals surface area (Å²) in [6.07, 6.45) is 2.79. The Balaban J connectivity index is 1.30. The Morgan fingerprint density at radius 2 is 1.86 bits per heavy atom. The number of nitrogens with zero attached hydrogens (tertiary/aromatic N) is 4. The largest absolute Gasteiger partial charge is 0.385 e. The fourth-order valence-electron chi connectivity index (χ4n) is 5.66. The van der Waals surface area contributed by atoms with Crippen molar-refractivity contribution >= 4 is 34.4 Å². The van der Waals surface area contributed by atoms with Gasteiger partial charge < -0.3 is 24.8 Å². The van der Waals surface area contributed by atoms with Crippen molar-refractivity contribution < 1.29 is 14.3 Å². The van der Waals surface area contributed by atoms with Crippen LogP contribution in [0.4, 0.5) is 0 Å². The second-order valence-corrected chi connectivity index (χ2v) is 10.5. The number of halogens is 1. The molecule has 2 aliphatic heterocycles. The molecule has 3 atom stereocenters. The number of imidazole rings is 1. The summed E-state index contributed by atoms with van der Waals surface area (Å²) in [6.45, 7) is 3.52. The number of fused-ring (bicyclic) bond motifs is 1. The normalized spacial score (nSPS) is 22.1. The maximum absolute atomic E-state index is 13.7. The Morgan fingerprint density at radius 1 is 1.08 bits per heavy atom. The average Bonchev–Trinajstić information content (AvgIpc) is 3.49. The number of aryl methyl sites for hydroxylation is 1. The van der Waals surface area contributed by atoms with Gasteiger partial charge in [0, 0.05) is 69.0 Å². The van der Waals surface area contributed by atoms with Crippen molar-refractivity contribution in [3.8, 4) is 0 Å². The minimum absolute atomic E-state index is 0.0330. The first kappa shape index (κ1) is 25.7. The highest BCUT2D eigenvalue weighted by molar-refractivity contribution is 6.30. The Kier molecular flexibility index (Phi) is 7.79. The summed E-state index contributed by atoms with van der Waals surface area (Å²) < 4.78 is 7.57. The molecule has 37 heavy (non-hydrogen) atoms. The zero-order chi connectivity index (χ0) is 25.9. The zero-order valence-electron chi connectivity index (χ0n) is 21.2. The highest BCUT2D eigenvalue weighted by Gasteiger charge is 2.41. The molecule has 1 unspecified atom stereocenters. The van der Waals surface area contributed by atoms with Crippen molar-refractivity contribution in [1.29, 1.82) is 0 Å². The molecule has 196 valence electrons. The van der Waals surface area contributed by atoms with E-state index >= 15 is 0 Å². The Morgan fingerprint density at radius 3 is 2.65 bits per heavy atom. The van der Waals surface area contributed by atoms with Gasteiger partial charge in [0.15, 0.2) is 0 Å². The molecule has 2 N–H and O–H groups in total. The first-order valence-corrected chi connectivity index (χ1v) is 13.4. The van der Waals surface area contributed by atoms with Gasteiger partial charge in [-0.3, -0.25) is 9.59 Å². The Labute approximate surface area is 222 Å². The first-order valence-electron chi connectivity index (χ1n) is 13.0. The number of carbonyl (C=O) groups excluding carboxylic acids is 2. The fraction of sp³-hybridized carbons (Fsp3) is 0.464. The van der Waals surface area contributed by atoms with Crippen LogP contribution in [0.25, 0.3) is 11.0 Å². The zero-order valence-corrected chi connectivity index (χ0v) is 21.9. The number of hydrogen-bond acceptors (Lipinski definition) is 5. The molecular formula is C28H34ClN5O3. The Bertz CT molecular complexity index is 1260. The molecule has 0 radical (unpaired) electrons. The third-order valence-electron chi connectivity index (χ3n) is 7.57. The standard InChI is InChI=1S/C28H34ClN5O3/c1-37-15-5-14-34-25-8-3-2-7-24(25)31-26(34)20-6-4-13-32(16-20)28(36)22-17-33(18-23(22)30)27(35)19-9-11-21(29)12-10-19/h2-3,7-12,20,22-23H,4-6,13-18,30H2,1H3/t20?,22-,23-/m1/s1. The third-order valence-corrected chi connectivity index (χ3v) is 7.83. The summed E-state index contributed by atoms with van der Waals surface area (Å²) in [5.41, 5.74) is 9.06. The molecule has 9 heteroatoms. The highest BCUT2D eigenvalue weighted by atomic mass is 35.5. The predicted molar refractivity (Wildman–Crippen MR) is 144 cm³/mol. The van der Waals surface area contributed by atoms with E-state index < -0.39 is 5.92 Å². The van der Waals surface area contributed by atoms with E-state index in [1.165, 1.54) is 0 Å². The molecule has 2 saturated heterocycles. The lowest BCUT2D eigenvalue weighted by atomic mass is 9.94. The van der Waals surface area contributed by atoms with E-state index in [1.807, 2.05) is 23.1 Å². The smallest absolute Gasteiger partial charge is 0.253 e. The van der Waals surface area contributed by atoms with Gasteiger partial charge >= 0.3 is 0 Å². The van der Waals surface area contributed by atoms with Gasteiger partial charge in [-0.2, -0.15) is 0 Å². The van der Waals surface area contributed by atoms with Gasteiger partial charge in [-0.15, -0.1) is 0 Å². The summed E-state index contributed by atoms with van der Waals surface area (Å²) in [7, 11) is 1.72. The number of hydrogen-bond donors (Lipinski definition) is 1. The second-order valence-electron chi connectivity index (χ2n) is 10.1. The lowest BCUT2D eigenvalue weighted by molar-refractivity contribution is -0.136. The van der Waals surface area contributed by atoms with Gasteiger partial charge in [-0.25, -0.2) is 4.98 Å². The van der Waals surface area contributed by atoms with Crippen molar-refractivity contribution in [2.45, 2.75) is 37.8 Å². The maximum atomic E-state index is 13.7. The summed E-state index contributed by atoms with van der Waals surface area (Å²) in [4.78, 5) is 35.3. The van der Waals surface area contributed by atoms with E-state index in [-0.39, 0.29) is 23.8 Å². The molecule has 0 spiro atoms. The summed E-state index contributed by atoms with van der Waals surface area (Å²) in [5.74, 6) is 0.687. The number of piperidine rings is 1. The monoisotopic (exact) mass is 523 g/mol. The van der Waals surface area contributed by atoms with Crippen molar-refractivity contribution in [3.05, 3.63) is 64.9 Å². The molecule has 0 aliphatic carbocycles. The van der Waals surface area contributed by atoms with Crippen molar-refractivity contribution in [2.75, 3.05) is 39.9 Å². The topological polar surface area (TPSA) is 93.7 Å². The van der Waals surface area contributed by atoms with Crippen LogP contribution in [-0.2, 0) is 16.1 Å². The molecular weight excluding hydrogens is 490 g/mol. The number of amides is 2. The van der Waals surface area contributed by atoms with Gasteiger partial charge in [0.05, 0.1) is 17.0 Å². The number of methoxy groups -OCH3 is 1. The number of carbonyl (C=O) groups is 2. The van der Waals surface area contributed by atoms with Gasteiger partial charge in [-0.05, 0) is 55.7 Å². The lowest BCUT2D eigenvalue weighted by Crippen LogP contribution is -2.47. The van der Waals surface area contributed by atoms with Crippen molar-refractivity contribution in [3.63, 3.8) is 0 Å². The maximum Gasteiger partial charge on any atom is 0.253 e. The van der Waals surface area contributed by atoms with Crippen molar-refractivity contribution in [2.24, 2.45) is 11.7 Å². The minimum atomic E-state index is -0.407. The number of nitrogens with two attached hydrogens (primary N) is 1. The molecule has 2 amide bonds. The van der Waals surface area contributed by atoms with Crippen LogP contribution in [-0.4, -0.2) is 77.1 Å². The molecule has 1 aromatic heterocycles.